The molecule has 2 aromatic rings. The van der Waals surface area contributed by atoms with Gasteiger partial charge < -0.3 is 19.8 Å². The first-order chi connectivity index (χ1) is 11.4. The van der Waals surface area contributed by atoms with Crippen LogP contribution in [0.15, 0.2) is 48.5 Å². The summed E-state index contributed by atoms with van der Waals surface area (Å²) in [5.74, 6) is -3.12. The molecule has 1 atom stereocenters. The van der Waals surface area contributed by atoms with Gasteiger partial charge in [0.05, 0.1) is 11.9 Å². The molecule has 0 amide bonds. The van der Waals surface area contributed by atoms with Gasteiger partial charge in [-0.1, -0.05) is 55.5 Å². The standard InChI is InChI=1S/C19H18O5.2K/c1-12(10-13-6-2-3-7-14(13)18(21)22)11-17(20)15-8-4-5-9-16(15)19(23)24;;/h2-9,12H,10-11H2,1H3,(H,21,22)(H,23,24);;/q;2*+1/p-2. The molecule has 0 saturated carbocycles. The quantitative estimate of drug-likeness (QED) is 0.341. The van der Waals surface area contributed by atoms with Gasteiger partial charge in [0.25, 0.3) is 0 Å². The number of carbonyl (C=O) groups is 3. The van der Waals surface area contributed by atoms with Gasteiger partial charge in [-0.15, -0.1) is 0 Å². The molecule has 0 aliphatic heterocycles. The maximum atomic E-state index is 12.4. The molecule has 26 heavy (non-hydrogen) atoms. The van der Waals surface area contributed by atoms with E-state index in [2.05, 4.69) is 0 Å². The van der Waals surface area contributed by atoms with Crippen molar-refractivity contribution in [3.05, 3.63) is 70.8 Å². The van der Waals surface area contributed by atoms with Crippen molar-refractivity contribution >= 4 is 17.7 Å². The first kappa shape index (κ1) is 26.3. The molecule has 0 aliphatic rings. The molecule has 0 heterocycles. The van der Waals surface area contributed by atoms with Gasteiger partial charge >= 0.3 is 103 Å². The van der Waals surface area contributed by atoms with Gasteiger partial charge in [0.15, 0.2) is 5.78 Å². The minimum Gasteiger partial charge on any atom is -0.545 e. The fourth-order valence-electron chi connectivity index (χ4n) is 2.68. The largest absolute Gasteiger partial charge is 1.00 e. The van der Waals surface area contributed by atoms with Gasteiger partial charge in [-0.25, -0.2) is 0 Å². The van der Waals surface area contributed by atoms with Crippen LogP contribution in [0, 0.1) is 5.92 Å². The maximum absolute atomic E-state index is 12.4. The van der Waals surface area contributed by atoms with E-state index in [-0.39, 0.29) is 138 Å². The van der Waals surface area contributed by atoms with E-state index in [1.165, 1.54) is 24.3 Å². The molecule has 0 spiro atoms. The van der Waals surface area contributed by atoms with Gasteiger partial charge in [-0.05, 0) is 17.9 Å². The Hall–Kier alpha value is 0.323. The Morgan fingerprint density at radius 2 is 1.27 bits per heavy atom. The first-order valence-corrected chi connectivity index (χ1v) is 7.53. The zero-order valence-electron chi connectivity index (χ0n) is 15.2. The van der Waals surface area contributed by atoms with E-state index in [0.29, 0.717) is 12.0 Å². The van der Waals surface area contributed by atoms with E-state index in [4.69, 9.17) is 0 Å². The predicted octanol–water partition coefficient (Wildman–Crippen LogP) is -5.13. The summed E-state index contributed by atoms with van der Waals surface area (Å²) in [5, 5.41) is 22.2. The van der Waals surface area contributed by atoms with Gasteiger partial charge in [0.1, 0.15) is 0 Å². The van der Waals surface area contributed by atoms with E-state index < -0.39 is 11.9 Å². The summed E-state index contributed by atoms with van der Waals surface area (Å²) in [6, 6.07) is 12.4. The number of ketones is 1. The molecule has 0 aromatic heterocycles. The summed E-state index contributed by atoms with van der Waals surface area (Å²) in [5.41, 5.74) is 0.667. The molecule has 0 aliphatic carbocycles. The molecule has 5 nitrogen and oxygen atoms in total. The number of rotatable bonds is 7. The van der Waals surface area contributed by atoms with Crippen LogP contribution < -0.4 is 113 Å². The number of benzene rings is 2. The number of hydrogen-bond acceptors (Lipinski definition) is 5. The number of Topliss-reactive ketones (excluding diaryl/α,β-unsaturated/α-hetero) is 1. The third-order valence-electron chi connectivity index (χ3n) is 3.79. The van der Waals surface area contributed by atoms with Crippen molar-refractivity contribution in [1.29, 1.82) is 0 Å². The van der Waals surface area contributed by atoms with Crippen molar-refractivity contribution < 1.29 is 127 Å². The number of hydrogen-bond donors (Lipinski definition) is 0. The second-order valence-electron chi connectivity index (χ2n) is 5.71. The van der Waals surface area contributed by atoms with Crippen LogP contribution in [-0.4, -0.2) is 17.7 Å². The Morgan fingerprint density at radius 1 is 0.808 bits per heavy atom. The third kappa shape index (κ3) is 7.39. The summed E-state index contributed by atoms with van der Waals surface area (Å²) in [6.07, 6.45) is 0.481. The monoisotopic (exact) mass is 402 g/mol. The molecular formula is C19H16K2O5. The number of carboxylic acid groups (broad SMARTS) is 2. The summed E-state index contributed by atoms with van der Waals surface area (Å²) in [4.78, 5) is 34.6. The van der Waals surface area contributed by atoms with E-state index in [1.807, 2.05) is 6.92 Å². The molecule has 0 fully saturated rings. The third-order valence-corrected chi connectivity index (χ3v) is 3.79. The van der Waals surface area contributed by atoms with E-state index in [1.54, 1.807) is 24.3 Å². The van der Waals surface area contributed by atoms with Crippen LogP contribution in [0.2, 0.25) is 0 Å². The van der Waals surface area contributed by atoms with Crippen molar-refractivity contribution in [1.82, 2.24) is 0 Å². The normalized spacial score (nSPS) is 10.8. The van der Waals surface area contributed by atoms with Crippen molar-refractivity contribution in [3.8, 4) is 0 Å². The molecule has 2 aromatic carbocycles. The molecule has 0 N–H and O–H groups in total. The predicted molar refractivity (Wildman–Crippen MR) is 83.4 cm³/mol. The van der Waals surface area contributed by atoms with Crippen molar-refractivity contribution in [2.75, 3.05) is 0 Å². The Balaban J connectivity index is 0.00000312. The van der Waals surface area contributed by atoms with E-state index >= 15 is 0 Å². The van der Waals surface area contributed by atoms with Crippen LogP contribution in [-0.2, 0) is 6.42 Å². The molecule has 0 bridgehead atoms. The van der Waals surface area contributed by atoms with Crippen molar-refractivity contribution in [2.45, 2.75) is 19.8 Å². The Bertz CT molecular complexity index is 789. The first-order valence-electron chi connectivity index (χ1n) is 7.53. The van der Waals surface area contributed by atoms with Crippen LogP contribution in [0.5, 0.6) is 0 Å². The minimum atomic E-state index is -1.39. The zero-order valence-corrected chi connectivity index (χ0v) is 21.4. The second-order valence-corrected chi connectivity index (χ2v) is 5.71. The Morgan fingerprint density at radius 3 is 1.81 bits per heavy atom. The van der Waals surface area contributed by atoms with Gasteiger partial charge in [-0.2, -0.15) is 0 Å². The van der Waals surface area contributed by atoms with Crippen molar-refractivity contribution in [3.63, 3.8) is 0 Å². The molecule has 124 valence electrons. The van der Waals surface area contributed by atoms with Crippen LogP contribution in [0.25, 0.3) is 0 Å². The molecule has 7 heteroatoms. The van der Waals surface area contributed by atoms with Gasteiger partial charge in [-0.3, -0.25) is 4.79 Å². The smallest absolute Gasteiger partial charge is 0.545 e. The average molecular weight is 403 g/mol. The molecule has 2 rings (SSSR count). The van der Waals surface area contributed by atoms with E-state index in [0.717, 1.165) is 0 Å². The van der Waals surface area contributed by atoms with Crippen LogP contribution in [0.1, 0.15) is 50.0 Å². The number of aromatic carboxylic acids is 2. The zero-order chi connectivity index (χ0) is 17.7. The summed E-state index contributed by atoms with van der Waals surface area (Å²) < 4.78 is 0. The molecular weight excluding hydrogens is 386 g/mol. The Kier molecular flexibility index (Phi) is 12.9. The van der Waals surface area contributed by atoms with E-state index in [9.17, 15) is 24.6 Å². The molecule has 0 saturated heterocycles. The average Bonchev–Trinajstić information content (AvgIpc) is 2.54. The number of carboxylic acids is 2. The Labute approximate surface area is 237 Å². The summed E-state index contributed by atoms with van der Waals surface area (Å²) >= 11 is 0. The fraction of sp³-hybridized carbons (Fsp3) is 0.211. The topological polar surface area (TPSA) is 97.3 Å². The minimum absolute atomic E-state index is 0. The van der Waals surface area contributed by atoms with Crippen LogP contribution >= 0.6 is 0 Å². The summed E-state index contributed by atoms with van der Waals surface area (Å²) in [6.45, 7) is 1.81. The van der Waals surface area contributed by atoms with Crippen molar-refractivity contribution in [2.24, 2.45) is 5.92 Å². The number of carbonyl (C=O) groups excluding carboxylic acids is 3. The van der Waals surface area contributed by atoms with Gasteiger partial charge in [0.2, 0.25) is 0 Å². The molecule has 0 radical (unpaired) electrons. The van der Waals surface area contributed by atoms with Crippen LogP contribution in [0.3, 0.4) is 0 Å². The van der Waals surface area contributed by atoms with Gasteiger partial charge in [0, 0.05) is 23.1 Å². The maximum Gasteiger partial charge on any atom is 1.00 e. The van der Waals surface area contributed by atoms with Crippen LogP contribution in [0.4, 0.5) is 0 Å². The second kappa shape index (κ2) is 12.7. The fourth-order valence-corrected chi connectivity index (χ4v) is 2.68. The SMILES string of the molecule is CC(CC(=O)c1ccccc1C(=O)[O-])Cc1ccccc1C(=O)[O-].[K+].[K+]. The summed E-state index contributed by atoms with van der Waals surface area (Å²) in [7, 11) is 0. The molecule has 1 unspecified atom stereocenters.